The van der Waals surface area contributed by atoms with E-state index < -0.39 is 0 Å². The Balaban J connectivity index is 1.31. The molecule has 8 nitrogen and oxygen atoms in total. The van der Waals surface area contributed by atoms with E-state index in [0.29, 0.717) is 30.9 Å². The lowest BCUT2D eigenvalue weighted by molar-refractivity contribution is -0.121. The van der Waals surface area contributed by atoms with Crippen molar-refractivity contribution in [2.75, 3.05) is 23.3 Å². The molecule has 0 saturated carbocycles. The molecule has 0 unspecified atom stereocenters. The van der Waals surface area contributed by atoms with Crippen molar-refractivity contribution in [3.05, 3.63) is 54.4 Å². The third-order valence-corrected chi connectivity index (χ3v) is 4.61. The van der Waals surface area contributed by atoms with Gasteiger partial charge in [0.1, 0.15) is 6.54 Å². The van der Waals surface area contributed by atoms with E-state index in [2.05, 4.69) is 20.9 Å². The van der Waals surface area contributed by atoms with Gasteiger partial charge >= 0.3 is 6.03 Å². The van der Waals surface area contributed by atoms with Crippen molar-refractivity contribution in [1.29, 1.82) is 0 Å². The van der Waals surface area contributed by atoms with Crippen LogP contribution in [-0.4, -0.2) is 35.9 Å². The number of urea groups is 1. The number of hydrogen-bond donors (Lipinski definition) is 3. The van der Waals surface area contributed by atoms with E-state index in [1.165, 1.54) is 4.90 Å². The summed E-state index contributed by atoms with van der Waals surface area (Å²) < 4.78 is 0. The van der Waals surface area contributed by atoms with E-state index in [4.69, 9.17) is 0 Å². The number of para-hydroxylation sites is 2. The number of aromatic nitrogens is 1. The molecule has 0 fully saturated rings. The van der Waals surface area contributed by atoms with E-state index >= 15 is 0 Å². The molecule has 0 radical (unpaired) electrons. The van der Waals surface area contributed by atoms with Crippen LogP contribution in [0.5, 0.6) is 0 Å². The monoisotopic (exact) mass is 395 g/mol. The molecule has 29 heavy (non-hydrogen) atoms. The summed E-state index contributed by atoms with van der Waals surface area (Å²) in [6.45, 7) is 1.00. The first kappa shape index (κ1) is 20.3. The molecule has 2 aromatic rings. The maximum Gasteiger partial charge on any atom is 0.322 e. The molecule has 1 aliphatic rings. The van der Waals surface area contributed by atoms with E-state index in [1.807, 2.05) is 24.3 Å². The average Bonchev–Trinajstić information content (AvgIpc) is 2.74. The van der Waals surface area contributed by atoms with Gasteiger partial charge in [-0.25, -0.2) is 4.79 Å². The zero-order valence-corrected chi connectivity index (χ0v) is 16.2. The largest absolute Gasteiger partial charge is 0.352 e. The molecule has 1 aromatic carbocycles. The topological polar surface area (TPSA) is 103 Å². The number of anilines is 2. The summed E-state index contributed by atoms with van der Waals surface area (Å²) in [7, 11) is 0. The van der Waals surface area contributed by atoms with Crippen LogP contribution in [0.1, 0.15) is 31.2 Å². The molecule has 8 heteroatoms. The van der Waals surface area contributed by atoms with Gasteiger partial charge in [-0.05, 0) is 42.7 Å². The van der Waals surface area contributed by atoms with Gasteiger partial charge in [-0.15, -0.1) is 0 Å². The predicted molar refractivity (Wildman–Crippen MR) is 110 cm³/mol. The van der Waals surface area contributed by atoms with Gasteiger partial charge in [0.25, 0.3) is 0 Å². The summed E-state index contributed by atoms with van der Waals surface area (Å²) in [6.07, 6.45) is 6.21. The van der Waals surface area contributed by atoms with Crippen LogP contribution in [0.25, 0.3) is 0 Å². The van der Waals surface area contributed by atoms with Gasteiger partial charge in [0.05, 0.1) is 11.4 Å². The summed E-state index contributed by atoms with van der Waals surface area (Å²) in [5, 5.41) is 8.49. The van der Waals surface area contributed by atoms with Gasteiger partial charge in [-0.1, -0.05) is 18.6 Å². The first-order valence-electron chi connectivity index (χ1n) is 9.73. The number of amides is 4. The minimum absolute atomic E-state index is 0.000491. The van der Waals surface area contributed by atoms with E-state index in [0.717, 1.165) is 24.8 Å². The van der Waals surface area contributed by atoms with Gasteiger partial charge in [-0.2, -0.15) is 0 Å². The van der Waals surface area contributed by atoms with E-state index in [9.17, 15) is 14.4 Å². The predicted octanol–water partition coefficient (Wildman–Crippen LogP) is 2.43. The molecule has 1 aromatic heterocycles. The van der Waals surface area contributed by atoms with Crippen LogP contribution in [0.2, 0.25) is 0 Å². The fourth-order valence-corrected chi connectivity index (χ4v) is 3.08. The number of fused-ring (bicyclic) bond motifs is 1. The molecule has 2 heterocycles. The lowest BCUT2D eigenvalue weighted by atomic mass is 10.2. The summed E-state index contributed by atoms with van der Waals surface area (Å²) in [5.74, 6) is -0.196. The third-order valence-electron chi connectivity index (χ3n) is 4.61. The summed E-state index contributed by atoms with van der Waals surface area (Å²) >= 11 is 0. The molecule has 3 N–H and O–H groups in total. The van der Waals surface area contributed by atoms with Crippen LogP contribution in [0.15, 0.2) is 48.8 Å². The highest BCUT2D eigenvalue weighted by Gasteiger charge is 2.26. The van der Waals surface area contributed by atoms with Crippen LogP contribution < -0.4 is 20.9 Å². The Morgan fingerprint density at radius 1 is 1.03 bits per heavy atom. The lowest BCUT2D eigenvalue weighted by Crippen LogP contribution is -2.47. The smallest absolute Gasteiger partial charge is 0.322 e. The van der Waals surface area contributed by atoms with Crippen LogP contribution in [-0.2, 0) is 16.1 Å². The fourth-order valence-electron chi connectivity index (χ4n) is 3.08. The van der Waals surface area contributed by atoms with Crippen molar-refractivity contribution in [1.82, 2.24) is 15.6 Å². The number of carbonyl (C=O) groups excluding carboxylic acids is 3. The normalized spacial score (nSPS) is 12.7. The third kappa shape index (κ3) is 6.03. The number of pyridine rings is 1. The number of nitrogens with zero attached hydrogens (tertiary/aromatic N) is 2. The van der Waals surface area contributed by atoms with Gasteiger partial charge in [-0.3, -0.25) is 19.5 Å². The van der Waals surface area contributed by atoms with Crippen molar-refractivity contribution >= 4 is 29.2 Å². The average molecular weight is 395 g/mol. The molecular weight excluding hydrogens is 370 g/mol. The summed E-state index contributed by atoms with van der Waals surface area (Å²) in [4.78, 5) is 41.5. The van der Waals surface area contributed by atoms with Crippen LogP contribution >= 0.6 is 0 Å². The lowest BCUT2D eigenvalue weighted by Gasteiger charge is -2.29. The quantitative estimate of drug-likeness (QED) is 0.597. The SMILES string of the molecule is O=C(CCCCCNC(=O)N1CC(=O)Nc2ccccc21)NCc1ccncc1. The molecule has 152 valence electrons. The Kier molecular flexibility index (Phi) is 7.16. The standard InChI is InChI=1S/C21H25N5O3/c27-19(24-14-16-9-12-22-13-10-16)8-2-1-5-11-23-21(29)26-15-20(28)25-17-6-3-4-7-18(17)26/h3-4,6-7,9-10,12-13H,1-2,5,8,11,14-15H2,(H,23,29)(H,24,27)(H,25,28). The second-order valence-electron chi connectivity index (χ2n) is 6.83. The minimum atomic E-state index is -0.289. The number of rotatable bonds is 8. The Labute approximate surface area is 169 Å². The zero-order chi connectivity index (χ0) is 20.5. The number of nitrogens with one attached hydrogen (secondary N) is 3. The number of benzene rings is 1. The molecule has 0 bridgehead atoms. The molecule has 3 rings (SSSR count). The first-order chi connectivity index (χ1) is 14.1. The molecule has 0 aliphatic carbocycles. The number of unbranched alkanes of at least 4 members (excludes halogenated alkanes) is 2. The van der Waals surface area contributed by atoms with Crippen molar-refractivity contribution in [2.24, 2.45) is 0 Å². The van der Waals surface area contributed by atoms with Crippen LogP contribution in [0, 0.1) is 0 Å². The van der Waals surface area contributed by atoms with Crippen LogP contribution in [0.4, 0.5) is 16.2 Å². The maximum absolute atomic E-state index is 12.4. The molecule has 1 aliphatic heterocycles. The highest BCUT2D eigenvalue weighted by molar-refractivity contribution is 6.09. The van der Waals surface area contributed by atoms with Crippen LogP contribution in [0.3, 0.4) is 0 Å². The number of carbonyl (C=O) groups is 3. The minimum Gasteiger partial charge on any atom is -0.352 e. The fraction of sp³-hybridized carbons (Fsp3) is 0.333. The van der Waals surface area contributed by atoms with Gasteiger partial charge < -0.3 is 16.0 Å². The molecule has 0 spiro atoms. The second-order valence-corrected chi connectivity index (χ2v) is 6.83. The second kappa shape index (κ2) is 10.2. The number of hydrogen-bond acceptors (Lipinski definition) is 4. The Morgan fingerprint density at radius 2 is 1.83 bits per heavy atom. The summed E-state index contributed by atoms with van der Waals surface area (Å²) in [5.41, 5.74) is 2.34. The Hall–Kier alpha value is -3.42. The van der Waals surface area contributed by atoms with Crippen molar-refractivity contribution < 1.29 is 14.4 Å². The van der Waals surface area contributed by atoms with Gasteiger partial charge in [0, 0.05) is 31.9 Å². The molecule has 0 atom stereocenters. The van der Waals surface area contributed by atoms with Gasteiger partial charge in [0.2, 0.25) is 11.8 Å². The first-order valence-corrected chi connectivity index (χ1v) is 9.73. The Morgan fingerprint density at radius 3 is 2.66 bits per heavy atom. The highest BCUT2D eigenvalue weighted by Crippen LogP contribution is 2.28. The van der Waals surface area contributed by atoms with Crippen molar-refractivity contribution in [3.8, 4) is 0 Å². The van der Waals surface area contributed by atoms with Crippen molar-refractivity contribution in [2.45, 2.75) is 32.2 Å². The van der Waals surface area contributed by atoms with Crippen molar-refractivity contribution in [3.63, 3.8) is 0 Å². The zero-order valence-electron chi connectivity index (χ0n) is 16.2. The molecular formula is C21H25N5O3. The van der Waals surface area contributed by atoms with E-state index in [-0.39, 0.29) is 24.4 Å². The molecule has 4 amide bonds. The van der Waals surface area contributed by atoms with E-state index in [1.54, 1.807) is 24.5 Å². The highest BCUT2D eigenvalue weighted by atomic mass is 16.2. The maximum atomic E-state index is 12.4. The Bertz CT molecular complexity index is 856. The summed E-state index contributed by atoms with van der Waals surface area (Å²) in [6, 6.07) is 10.7. The molecule has 0 saturated heterocycles. The van der Waals surface area contributed by atoms with Gasteiger partial charge in [0.15, 0.2) is 0 Å².